The van der Waals surface area contributed by atoms with Crippen molar-refractivity contribution in [1.29, 1.82) is 0 Å². The molecule has 150 valence electrons. The van der Waals surface area contributed by atoms with Gasteiger partial charge in [-0.2, -0.15) is 4.31 Å². The van der Waals surface area contributed by atoms with Crippen molar-refractivity contribution in [2.45, 2.75) is 11.8 Å². The van der Waals surface area contributed by atoms with Crippen molar-refractivity contribution >= 4 is 38.8 Å². The van der Waals surface area contributed by atoms with Crippen LogP contribution in [0.15, 0.2) is 52.4 Å². The standard InChI is InChI=1S/C20H19N3O5S/c1-13(24)14-3-2-4-15(11-14)21-19-17-12-16(5-6-18(17)22-20(19)25)29(26,27)23-7-9-28-10-8-23/h2-6,11-12H,7-10H2,1H3,(H,21,22,25). The number of sulfonamides is 1. The van der Waals surface area contributed by atoms with Crippen LogP contribution < -0.4 is 5.32 Å². The summed E-state index contributed by atoms with van der Waals surface area (Å²) in [6, 6.07) is 11.1. The molecule has 1 saturated heterocycles. The fourth-order valence-electron chi connectivity index (χ4n) is 3.26. The molecule has 2 aliphatic heterocycles. The molecule has 0 unspecified atom stereocenters. The van der Waals surface area contributed by atoms with Gasteiger partial charge in [-0.05, 0) is 37.3 Å². The first kappa shape index (κ1) is 19.4. The zero-order valence-corrected chi connectivity index (χ0v) is 16.5. The highest BCUT2D eigenvalue weighted by molar-refractivity contribution is 7.89. The molecule has 0 atom stereocenters. The van der Waals surface area contributed by atoms with Crippen LogP contribution in [0.2, 0.25) is 0 Å². The van der Waals surface area contributed by atoms with Crippen LogP contribution in [0.1, 0.15) is 22.8 Å². The van der Waals surface area contributed by atoms with E-state index in [1.54, 1.807) is 30.3 Å². The number of carbonyl (C=O) groups is 2. The fourth-order valence-corrected chi connectivity index (χ4v) is 4.70. The first-order valence-electron chi connectivity index (χ1n) is 9.09. The average Bonchev–Trinajstić information content (AvgIpc) is 3.03. The summed E-state index contributed by atoms with van der Waals surface area (Å²) >= 11 is 0. The number of rotatable bonds is 4. The highest BCUT2D eigenvalue weighted by atomic mass is 32.2. The second-order valence-corrected chi connectivity index (χ2v) is 8.68. The number of morpholine rings is 1. The third-order valence-electron chi connectivity index (χ3n) is 4.81. The van der Waals surface area contributed by atoms with Gasteiger partial charge in [-0.25, -0.2) is 13.4 Å². The van der Waals surface area contributed by atoms with Gasteiger partial charge in [0, 0.05) is 24.2 Å². The van der Waals surface area contributed by atoms with Gasteiger partial charge in [0.25, 0.3) is 5.91 Å². The van der Waals surface area contributed by atoms with Crippen LogP contribution >= 0.6 is 0 Å². The first-order valence-corrected chi connectivity index (χ1v) is 10.5. The van der Waals surface area contributed by atoms with Crippen LogP contribution in [0.4, 0.5) is 11.4 Å². The van der Waals surface area contributed by atoms with E-state index in [2.05, 4.69) is 10.3 Å². The summed E-state index contributed by atoms with van der Waals surface area (Å²) in [6.45, 7) is 2.73. The highest BCUT2D eigenvalue weighted by Gasteiger charge is 2.31. The minimum absolute atomic E-state index is 0.0971. The van der Waals surface area contributed by atoms with E-state index in [1.807, 2.05) is 0 Å². The van der Waals surface area contributed by atoms with E-state index in [4.69, 9.17) is 4.74 Å². The molecule has 4 rings (SSSR count). The van der Waals surface area contributed by atoms with Gasteiger partial charge < -0.3 is 10.1 Å². The number of benzene rings is 2. The third kappa shape index (κ3) is 3.71. The van der Waals surface area contributed by atoms with Gasteiger partial charge in [-0.15, -0.1) is 0 Å². The van der Waals surface area contributed by atoms with Gasteiger partial charge in [0.2, 0.25) is 10.0 Å². The normalized spacial score (nSPS) is 18.5. The number of nitrogens with one attached hydrogen (secondary N) is 1. The van der Waals surface area contributed by atoms with Gasteiger partial charge in [-0.3, -0.25) is 9.59 Å². The number of anilines is 1. The summed E-state index contributed by atoms with van der Waals surface area (Å²) in [5, 5.41) is 2.70. The number of aliphatic imine (C=N–C) groups is 1. The summed E-state index contributed by atoms with van der Waals surface area (Å²) < 4.78 is 32.5. The van der Waals surface area contributed by atoms with Crippen molar-refractivity contribution in [3.8, 4) is 0 Å². The van der Waals surface area contributed by atoms with E-state index in [9.17, 15) is 18.0 Å². The molecule has 1 N–H and O–H groups in total. The van der Waals surface area contributed by atoms with Crippen LogP contribution in [-0.4, -0.2) is 56.4 Å². The SMILES string of the molecule is CC(=O)c1cccc(N=C2C(=O)Nc3ccc(S(=O)(=O)N4CCOCC4)cc32)c1. The van der Waals surface area contributed by atoms with Crippen LogP contribution in [0.25, 0.3) is 0 Å². The second-order valence-electron chi connectivity index (χ2n) is 6.74. The molecule has 0 radical (unpaired) electrons. The van der Waals surface area contributed by atoms with Crippen molar-refractivity contribution in [1.82, 2.24) is 4.31 Å². The predicted molar refractivity (Wildman–Crippen MR) is 107 cm³/mol. The van der Waals surface area contributed by atoms with Gasteiger partial charge in [0.15, 0.2) is 5.78 Å². The number of amides is 1. The Bertz CT molecular complexity index is 1130. The number of carbonyl (C=O) groups excluding carboxylic acids is 2. The fraction of sp³-hybridized carbons (Fsp3) is 0.250. The van der Waals surface area contributed by atoms with Gasteiger partial charge in [0.05, 0.1) is 29.5 Å². The number of Topliss-reactive ketones (excluding diaryl/α,β-unsaturated/α-hetero) is 1. The molecule has 2 heterocycles. The van der Waals surface area contributed by atoms with Crippen molar-refractivity contribution in [2.24, 2.45) is 4.99 Å². The number of ketones is 1. The Hall–Kier alpha value is -2.88. The Morgan fingerprint density at radius 1 is 1.14 bits per heavy atom. The molecule has 2 aliphatic rings. The van der Waals surface area contributed by atoms with Crippen molar-refractivity contribution < 1.29 is 22.7 Å². The number of hydrogen-bond acceptors (Lipinski definition) is 6. The molecule has 0 aromatic heterocycles. The lowest BCUT2D eigenvalue weighted by atomic mass is 10.1. The first-order chi connectivity index (χ1) is 13.9. The maximum absolute atomic E-state index is 12.9. The number of nitrogens with zero attached hydrogens (tertiary/aromatic N) is 2. The predicted octanol–water partition coefficient (Wildman–Crippen LogP) is 1.98. The molecule has 2 aromatic rings. The lowest BCUT2D eigenvalue weighted by molar-refractivity contribution is -0.110. The number of fused-ring (bicyclic) bond motifs is 1. The lowest BCUT2D eigenvalue weighted by Crippen LogP contribution is -2.40. The Kier molecular flexibility index (Phi) is 5.03. The number of hydrogen-bond donors (Lipinski definition) is 1. The van der Waals surface area contributed by atoms with E-state index in [0.29, 0.717) is 35.7 Å². The summed E-state index contributed by atoms with van der Waals surface area (Å²) in [6.07, 6.45) is 0. The molecular weight excluding hydrogens is 394 g/mol. The maximum Gasteiger partial charge on any atom is 0.275 e. The Morgan fingerprint density at radius 2 is 1.90 bits per heavy atom. The summed E-state index contributed by atoms with van der Waals surface area (Å²) in [5.41, 5.74) is 1.95. The van der Waals surface area contributed by atoms with Gasteiger partial charge in [0.1, 0.15) is 5.71 Å². The van der Waals surface area contributed by atoms with E-state index in [0.717, 1.165) is 0 Å². The largest absolute Gasteiger partial charge is 0.379 e. The average molecular weight is 413 g/mol. The van der Waals surface area contributed by atoms with Crippen molar-refractivity contribution in [2.75, 3.05) is 31.6 Å². The second kappa shape index (κ2) is 7.51. The van der Waals surface area contributed by atoms with Crippen LogP contribution in [-0.2, 0) is 19.6 Å². The van der Waals surface area contributed by atoms with Gasteiger partial charge >= 0.3 is 0 Å². The topological polar surface area (TPSA) is 105 Å². The molecule has 1 amide bonds. The van der Waals surface area contributed by atoms with Crippen LogP contribution in [0, 0.1) is 0 Å². The smallest absolute Gasteiger partial charge is 0.275 e. The molecule has 0 bridgehead atoms. The number of ether oxygens (including phenoxy) is 1. The van der Waals surface area contributed by atoms with E-state index >= 15 is 0 Å². The molecule has 0 saturated carbocycles. The summed E-state index contributed by atoms with van der Waals surface area (Å²) in [4.78, 5) is 28.5. The summed E-state index contributed by atoms with van der Waals surface area (Å²) in [5.74, 6) is -0.531. The van der Waals surface area contributed by atoms with Crippen LogP contribution in [0.5, 0.6) is 0 Å². The Balaban J connectivity index is 1.74. The van der Waals surface area contributed by atoms with E-state index < -0.39 is 15.9 Å². The van der Waals surface area contributed by atoms with E-state index in [-0.39, 0.29) is 29.5 Å². The Morgan fingerprint density at radius 3 is 2.62 bits per heavy atom. The third-order valence-corrected chi connectivity index (χ3v) is 6.71. The minimum Gasteiger partial charge on any atom is -0.379 e. The molecule has 2 aromatic carbocycles. The zero-order valence-electron chi connectivity index (χ0n) is 15.7. The molecule has 8 nitrogen and oxygen atoms in total. The lowest BCUT2D eigenvalue weighted by Gasteiger charge is -2.26. The van der Waals surface area contributed by atoms with E-state index in [1.165, 1.54) is 23.4 Å². The monoisotopic (exact) mass is 413 g/mol. The summed E-state index contributed by atoms with van der Waals surface area (Å²) in [7, 11) is -3.70. The molecule has 1 fully saturated rings. The molecule has 0 spiro atoms. The van der Waals surface area contributed by atoms with Gasteiger partial charge in [-0.1, -0.05) is 12.1 Å². The molecule has 0 aliphatic carbocycles. The quantitative estimate of drug-likeness (QED) is 0.772. The minimum atomic E-state index is -3.70. The Labute approximate surface area is 168 Å². The molecule has 29 heavy (non-hydrogen) atoms. The zero-order chi connectivity index (χ0) is 20.6. The highest BCUT2D eigenvalue weighted by Crippen LogP contribution is 2.30. The van der Waals surface area contributed by atoms with Crippen LogP contribution in [0.3, 0.4) is 0 Å². The maximum atomic E-state index is 12.9. The molecular formula is C20H19N3O5S. The van der Waals surface area contributed by atoms with Crippen molar-refractivity contribution in [3.63, 3.8) is 0 Å². The van der Waals surface area contributed by atoms with Crippen molar-refractivity contribution in [3.05, 3.63) is 53.6 Å². The molecule has 9 heteroatoms.